The molecule has 29 heavy (non-hydrogen) atoms. The first-order valence-electron chi connectivity index (χ1n) is 9.46. The highest BCUT2D eigenvalue weighted by Crippen LogP contribution is 2.38. The number of aromatic nitrogens is 1. The number of fused-ring (bicyclic) bond motifs is 1. The number of rotatable bonds is 9. The first-order valence-corrected chi connectivity index (χ1v) is 9.46. The number of aryl methyl sites for hydroxylation is 1. The molecular weight excluding hydrogens is 368 g/mol. The van der Waals surface area contributed by atoms with Crippen molar-refractivity contribution in [2.75, 3.05) is 27.9 Å². The molecule has 2 aromatic carbocycles. The first-order chi connectivity index (χ1) is 14.2. The third kappa shape index (κ3) is 4.90. The molecule has 152 valence electrons. The maximum atomic E-state index is 12.1. The molecule has 3 aromatic rings. The average Bonchev–Trinajstić information content (AvgIpc) is 3.17. The average molecular weight is 394 g/mol. The summed E-state index contributed by atoms with van der Waals surface area (Å²) in [5.41, 5.74) is 1.99. The van der Waals surface area contributed by atoms with Crippen LogP contribution in [0.1, 0.15) is 12.0 Å². The van der Waals surface area contributed by atoms with E-state index in [4.69, 9.17) is 14.2 Å². The highest BCUT2D eigenvalue weighted by molar-refractivity contribution is 5.91. The zero-order valence-electron chi connectivity index (χ0n) is 17.0. The third-order valence-corrected chi connectivity index (χ3v) is 4.67. The number of amides is 1. The van der Waals surface area contributed by atoms with Gasteiger partial charge in [-0.15, -0.1) is 0 Å². The quantitative estimate of drug-likeness (QED) is 0.442. The number of carbonyl (C=O) groups excluding carboxylic acids is 1. The third-order valence-electron chi connectivity index (χ3n) is 4.67. The van der Waals surface area contributed by atoms with Crippen LogP contribution in [0.2, 0.25) is 0 Å². The summed E-state index contributed by atoms with van der Waals surface area (Å²) in [4.78, 5) is 12.1. The summed E-state index contributed by atoms with van der Waals surface area (Å²) in [5, 5.41) is 4.14. The SMILES string of the molecule is COc1cc(/C=C/C(=O)NCCCn2ccc3ccccc32)cc(OC)c1OC. The number of carbonyl (C=O) groups is 1. The van der Waals surface area contributed by atoms with Crippen LogP contribution in [0.5, 0.6) is 17.2 Å². The Kier molecular flexibility index (Phi) is 6.79. The molecule has 1 heterocycles. The van der Waals surface area contributed by atoms with Gasteiger partial charge in [-0.05, 0) is 47.7 Å². The molecule has 0 aliphatic heterocycles. The molecule has 1 aromatic heterocycles. The molecule has 0 unspecified atom stereocenters. The summed E-state index contributed by atoms with van der Waals surface area (Å²) >= 11 is 0. The standard InChI is InChI=1S/C23H26N2O4/c1-27-20-15-17(16-21(28-2)23(20)29-3)9-10-22(26)24-12-6-13-25-14-11-18-7-4-5-8-19(18)25/h4-5,7-11,14-16H,6,12-13H2,1-3H3,(H,24,26)/b10-9+. The Bertz CT molecular complexity index is 982. The van der Waals surface area contributed by atoms with Gasteiger partial charge in [0.15, 0.2) is 11.5 Å². The van der Waals surface area contributed by atoms with Crippen molar-refractivity contribution in [1.29, 1.82) is 0 Å². The summed E-state index contributed by atoms with van der Waals surface area (Å²) < 4.78 is 18.2. The Balaban J connectivity index is 1.53. The van der Waals surface area contributed by atoms with Crippen molar-refractivity contribution in [2.24, 2.45) is 0 Å². The highest BCUT2D eigenvalue weighted by atomic mass is 16.5. The predicted molar refractivity (Wildman–Crippen MR) is 115 cm³/mol. The topological polar surface area (TPSA) is 61.7 Å². The van der Waals surface area contributed by atoms with Crippen molar-refractivity contribution in [2.45, 2.75) is 13.0 Å². The smallest absolute Gasteiger partial charge is 0.244 e. The van der Waals surface area contributed by atoms with Crippen LogP contribution in [-0.2, 0) is 11.3 Å². The number of nitrogens with one attached hydrogen (secondary N) is 1. The van der Waals surface area contributed by atoms with E-state index in [0.29, 0.717) is 23.8 Å². The largest absolute Gasteiger partial charge is 0.493 e. The van der Waals surface area contributed by atoms with E-state index in [-0.39, 0.29) is 5.91 Å². The molecule has 6 nitrogen and oxygen atoms in total. The maximum absolute atomic E-state index is 12.1. The molecule has 0 atom stereocenters. The minimum Gasteiger partial charge on any atom is -0.493 e. The number of nitrogens with zero attached hydrogens (tertiary/aromatic N) is 1. The molecule has 0 radical (unpaired) electrons. The van der Waals surface area contributed by atoms with Gasteiger partial charge in [-0.3, -0.25) is 4.79 Å². The summed E-state index contributed by atoms with van der Waals surface area (Å²) in [7, 11) is 4.68. The van der Waals surface area contributed by atoms with Crippen molar-refractivity contribution in [1.82, 2.24) is 9.88 Å². The van der Waals surface area contributed by atoms with Gasteiger partial charge in [-0.2, -0.15) is 0 Å². The summed E-state index contributed by atoms with van der Waals surface area (Å²) in [6.45, 7) is 1.45. The molecule has 0 bridgehead atoms. The number of hydrogen-bond donors (Lipinski definition) is 1. The minimum atomic E-state index is -0.142. The van der Waals surface area contributed by atoms with Crippen LogP contribution in [0, 0.1) is 0 Å². The Morgan fingerprint density at radius 3 is 2.45 bits per heavy atom. The van der Waals surface area contributed by atoms with E-state index in [9.17, 15) is 4.79 Å². The predicted octanol–water partition coefficient (Wildman–Crippen LogP) is 3.89. The molecule has 1 N–H and O–H groups in total. The van der Waals surface area contributed by atoms with Crippen LogP contribution in [0.25, 0.3) is 17.0 Å². The van der Waals surface area contributed by atoms with Gasteiger partial charge >= 0.3 is 0 Å². The zero-order chi connectivity index (χ0) is 20.6. The molecule has 0 saturated heterocycles. The number of methoxy groups -OCH3 is 3. The van der Waals surface area contributed by atoms with Crippen molar-refractivity contribution in [3.63, 3.8) is 0 Å². The lowest BCUT2D eigenvalue weighted by molar-refractivity contribution is -0.116. The van der Waals surface area contributed by atoms with E-state index in [1.165, 1.54) is 17.0 Å². The van der Waals surface area contributed by atoms with E-state index in [0.717, 1.165) is 18.5 Å². The van der Waals surface area contributed by atoms with E-state index in [1.54, 1.807) is 39.5 Å². The van der Waals surface area contributed by atoms with Gasteiger partial charge in [-0.25, -0.2) is 0 Å². The van der Waals surface area contributed by atoms with E-state index in [1.807, 2.05) is 12.1 Å². The molecule has 0 fully saturated rings. The molecule has 3 rings (SSSR count). The highest BCUT2D eigenvalue weighted by Gasteiger charge is 2.12. The fourth-order valence-electron chi connectivity index (χ4n) is 3.23. The zero-order valence-corrected chi connectivity index (χ0v) is 17.0. The number of benzene rings is 2. The van der Waals surface area contributed by atoms with Crippen LogP contribution in [0.15, 0.2) is 54.7 Å². The van der Waals surface area contributed by atoms with Crippen LogP contribution in [-0.4, -0.2) is 38.3 Å². The summed E-state index contributed by atoms with van der Waals surface area (Å²) in [5.74, 6) is 1.47. The molecule has 0 aliphatic rings. The van der Waals surface area contributed by atoms with Crippen molar-refractivity contribution < 1.29 is 19.0 Å². The van der Waals surface area contributed by atoms with Crippen LogP contribution >= 0.6 is 0 Å². The van der Waals surface area contributed by atoms with Gasteiger partial charge in [0.2, 0.25) is 11.7 Å². The Morgan fingerprint density at radius 2 is 1.76 bits per heavy atom. The molecule has 0 spiro atoms. The second-order valence-corrected chi connectivity index (χ2v) is 6.50. The van der Waals surface area contributed by atoms with Crippen LogP contribution in [0.3, 0.4) is 0 Å². The molecule has 0 saturated carbocycles. The minimum absolute atomic E-state index is 0.142. The Labute approximate surface area is 170 Å². The first kappa shape index (κ1) is 20.3. The summed E-state index contributed by atoms with van der Waals surface area (Å²) in [6.07, 6.45) is 6.16. The van der Waals surface area contributed by atoms with E-state index in [2.05, 4.69) is 34.3 Å². The monoisotopic (exact) mass is 394 g/mol. The lowest BCUT2D eigenvalue weighted by atomic mass is 10.1. The van der Waals surface area contributed by atoms with Crippen LogP contribution < -0.4 is 19.5 Å². The Hall–Kier alpha value is -3.41. The Morgan fingerprint density at radius 1 is 1.03 bits per heavy atom. The van der Waals surface area contributed by atoms with Crippen molar-refractivity contribution >= 4 is 22.9 Å². The van der Waals surface area contributed by atoms with Gasteiger partial charge in [0, 0.05) is 30.9 Å². The van der Waals surface area contributed by atoms with Crippen LogP contribution in [0.4, 0.5) is 0 Å². The van der Waals surface area contributed by atoms with Gasteiger partial charge in [0.1, 0.15) is 0 Å². The number of para-hydroxylation sites is 1. The van der Waals surface area contributed by atoms with Gasteiger partial charge in [0.05, 0.1) is 21.3 Å². The van der Waals surface area contributed by atoms with Crippen molar-refractivity contribution in [3.8, 4) is 17.2 Å². The maximum Gasteiger partial charge on any atom is 0.244 e. The fourth-order valence-corrected chi connectivity index (χ4v) is 3.23. The van der Waals surface area contributed by atoms with Gasteiger partial charge in [0.25, 0.3) is 0 Å². The summed E-state index contributed by atoms with van der Waals surface area (Å²) in [6, 6.07) is 14.0. The lowest BCUT2D eigenvalue weighted by Gasteiger charge is -2.12. The van der Waals surface area contributed by atoms with E-state index >= 15 is 0 Å². The fraction of sp³-hybridized carbons (Fsp3) is 0.261. The normalized spacial score (nSPS) is 11.0. The lowest BCUT2D eigenvalue weighted by Crippen LogP contribution is -2.23. The molecular formula is C23H26N2O4. The van der Waals surface area contributed by atoms with Crippen molar-refractivity contribution in [3.05, 3.63) is 60.3 Å². The molecule has 6 heteroatoms. The second kappa shape index (κ2) is 9.68. The molecule has 1 amide bonds. The molecule has 0 aliphatic carbocycles. The number of hydrogen-bond acceptors (Lipinski definition) is 4. The van der Waals surface area contributed by atoms with Gasteiger partial charge < -0.3 is 24.1 Å². The second-order valence-electron chi connectivity index (χ2n) is 6.50. The van der Waals surface area contributed by atoms with E-state index < -0.39 is 0 Å². The number of ether oxygens (including phenoxy) is 3. The van der Waals surface area contributed by atoms with Gasteiger partial charge in [-0.1, -0.05) is 18.2 Å².